The van der Waals surface area contributed by atoms with Gasteiger partial charge in [0.2, 0.25) is 0 Å². The van der Waals surface area contributed by atoms with E-state index in [1.165, 1.54) is 11.3 Å². The summed E-state index contributed by atoms with van der Waals surface area (Å²) in [6, 6.07) is 12.5. The average Bonchev–Trinajstić information content (AvgIpc) is 2.83. The minimum atomic E-state index is -1.50. The number of carbonyl (C=O) groups excluding carboxylic acids is 1. The SMILES string of the molecule is O=CC(O)(c1ccccc1)c1cccs1. The third-order valence-electron chi connectivity index (χ3n) is 2.28. The number of aldehydes is 1. The highest BCUT2D eigenvalue weighted by Crippen LogP contribution is 2.30. The number of hydrogen-bond donors (Lipinski definition) is 1. The number of aliphatic hydroxyl groups is 1. The Morgan fingerprint density at radius 1 is 1.13 bits per heavy atom. The van der Waals surface area contributed by atoms with Crippen molar-refractivity contribution in [2.24, 2.45) is 0 Å². The lowest BCUT2D eigenvalue weighted by molar-refractivity contribution is -0.120. The quantitative estimate of drug-likeness (QED) is 0.802. The Labute approximate surface area is 91.8 Å². The Morgan fingerprint density at radius 2 is 1.87 bits per heavy atom. The minimum absolute atomic E-state index is 0.578. The van der Waals surface area contributed by atoms with E-state index in [1.54, 1.807) is 30.3 Å². The molecule has 1 aromatic heterocycles. The van der Waals surface area contributed by atoms with Crippen molar-refractivity contribution in [3.63, 3.8) is 0 Å². The lowest BCUT2D eigenvalue weighted by Gasteiger charge is -2.20. The van der Waals surface area contributed by atoms with Crippen LogP contribution in [0.15, 0.2) is 47.8 Å². The van der Waals surface area contributed by atoms with E-state index in [2.05, 4.69) is 0 Å². The summed E-state index contributed by atoms with van der Waals surface area (Å²) in [5.41, 5.74) is -0.905. The Bertz CT molecular complexity index is 436. The molecule has 3 heteroatoms. The minimum Gasteiger partial charge on any atom is -0.373 e. The molecule has 0 spiro atoms. The fourth-order valence-corrected chi connectivity index (χ4v) is 2.26. The molecule has 1 N–H and O–H groups in total. The molecule has 0 aliphatic heterocycles. The smallest absolute Gasteiger partial charge is 0.179 e. The second kappa shape index (κ2) is 3.96. The maximum absolute atomic E-state index is 11.1. The topological polar surface area (TPSA) is 37.3 Å². The molecule has 1 aromatic carbocycles. The van der Waals surface area contributed by atoms with Crippen LogP contribution in [0.2, 0.25) is 0 Å². The Kier molecular flexibility index (Phi) is 2.66. The molecule has 0 radical (unpaired) electrons. The molecule has 0 bridgehead atoms. The molecule has 0 saturated heterocycles. The van der Waals surface area contributed by atoms with Crippen molar-refractivity contribution in [1.29, 1.82) is 0 Å². The molecule has 1 heterocycles. The summed E-state index contributed by atoms with van der Waals surface area (Å²) in [6.45, 7) is 0. The van der Waals surface area contributed by atoms with E-state index in [0.29, 0.717) is 16.7 Å². The zero-order chi connectivity index (χ0) is 10.7. The number of benzene rings is 1. The molecule has 2 nitrogen and oxygen atoms in total. The first-order valence-electron chi connectivity index (χ1n) is 4.55. The van der Waals surface area contributed by atoms with E-state index in [9.17, 15) is 9.90 Å². The van der Waals surface area contributed by atoms with Gasteiger partial charge in [-0.15, -0.1) is 11.3 Å². The van der Waals surface area contributed by atoms with Gasteiger partial charge in [0.05, 0.1) is 0 Å². The van der Waals surface area contributed by atoms with Gasteiger partial charge in [0, 0.05) is 4.88 Å². The Balaban J connectivity index is 2.52. The van der Waals surface area contributed by atoms with Crippen LogP contribution in [0.25, 0.3) is 0 Å². The molecule has 0 aliphatic carbocycles. The van der Waals surface area contributed by atoms with Crippen molar-refractivity contribution < 1.29 is 9.90 Å². The summed E-state index contributed by atoms with van der Waals surface area (Å²) in [5.74, 6) is 0. The maximum atomic E-state index is 11.1. The van der Waals surface area contributed by atoms with Crippen molar-refractivity contribution in [3.8, 4) is 0 Å². The van der Waals surface area contributed by atoms with Crippen LogP contribution in [-0.4, -0.2) is 11.4 Å². The summed E-state index contributed by atoms with van der Waals surface area (Å²) in [5, 5.41) is 12.1. The van der Waals surface area contributed by atoms with Crippen LogP contribution in [0.4, 0.5) is 0 Å². The van der Waals surface area contributed by atoms with Crippen LogP contribution in [-0.2, 0) is 10.4 Å². The highest BCUT2D eigenvalue weighted by atomic mass is 32.1. The first kappa shape index (κ1) is 10.1. The molecule has 1 atom stereocenters. The standard InChI is InChI=1S/C12H10O2S/c13-9-12(14,11-7-4-8-15-11)10-5-2-1-3-6-10/h1-9,14H. The molecule has 0 amide bonds. The van der Waals surface area contributed by atoms with E-state index < -0.39 is 5.60 Å². The van der Waals surface area contributed by atoms with E-state index in [-0.39, 0.29) is 0 Å². The van der Waals surface area contributed by atoms with E-state index >= 15 is 0 Å². The van der Waals surface area contributed by atoms with Gasteiger partial charge in [-0.25, -0.2) is 0 Å². The normalized spacial score (nSPS) is 14.5. The van der Waals surface area contributed by atoms with E-state index in [1.807, 2.05) is 17.5 Å². The zero-order valence-electron chi connectivity index (χ0n) is 7.96. The maximum Gasteiger partial charge on any atom is 0.179 e. The van der Waals surface area contributed by atoms with Crippen molar-refractivity contribution in [2.45, 2.75) is 5.60 Å². The summed E-state index contributed by atoms with van der Waals surface area (Å²) in [6.07, 6.45) is 0.578. The van der Waals surface area contributed by atoms with Gasteiger partial charge in [-0.1, -0.05) is 36.4 Å². The van der Waals surface area contributed by atoms with Crippen LogP contribution in [0.5, 0.6) is 0 Å². The van der Waals surface area contributed by atoms with Crippen LogP contribution in [0.3, 0.4) is 0 Å². The van der Waals surface area contributed by atoms with Crippen LogP contribution in [0.1, 0.15) is 10.4 Å². The molecule has 1 unspecified atom stereocenters. The van der Waals surface area contributed by atoms with Gasteiger partial charge in [0.25, 0.3) is 0 Å². The molecular weight excluding hydrogens is 208 g/mol. The predicted octanol–water partition coefficient (Wildman–Crippen LogP) is 2.18. The van der Waals surface area contributed by atoms with E-state index in [4.69, 9.17) is 0 Å². The number of hydrogen-bond acceptors (Lipinski definition) is 3. The average molecular weight is 218 g/mol. The van der Waals surface area contributed by atoms with Gasteiger partial charge >= 0.3 is 0 Å². The van der Waals surface area contributed by atoms with Gasteiger partial charge in [-0.05, 0) is 17.0 Å². The van der Waals surface area contributed by atoms with Crippen molar-refractivity contribution in [3.05, 3.63) is 58.3 Å². The lowest BCUT2D eigenvalue weighted by atomic mass is 9.94. The zero-order valence-corrected chi connectivity index (χ0v) is 8.78. The highest BCUT2D eigenvalue weighted by Gasteiger charge is 2.31. The Hall–Kier alpha value is -1.45. The summed E-state index contributed by atoms with van der Waals surface area (Å²) in [7, 11) is 0. The third-order valence-corrected chi connectivity index (χ3v) is 3.28. The summed E-state index contributed by atoms with van der Waals surface area (Å²) >= 11 is 1.37. The molecule has 2 aromatic rings. The van der Waals surface area contributed by atoms with Crippen LogP contribution >= 0.6 is 11.3 Å². The second-order valence-electron chi connectivity index (χ2n) is 3.23. The molecule has 0 fully saturated rings. The molecule has 0 saturated carbocycles. The monoisotopic (exact) mass is 218 g/mol. The van der Waals surface area contributed by atoms with Crippen LogP contribution in [0, 0.1) is 0 Å². The fraction of sp³-hybridized carbons (Fsp3) is 0.0833. The van der Waals surface area contributed by atoms with Gasteiger partial charge in [0.1, 0.15) is 0 Å². The van der Waals surface area contributed by atoms with Gasteiger partial charge in [-0.2, -0.15) is 0 Å². The van der Waals surface area contributed by atoms with Crippen molar-refractivity contribution in [2.75, 3.05) is 0 Å². The summed E-state index contributed by atoms with van der Waals surface area (Å²) in [4.78, 5) is 11.7. The van der Waals surface area contributed by atoms with Crippen molar-refractivity contribution >= 4 is 17.6 Å². The van der Waals surface area contributed by atoms with Gasteiger partial charge in [0.15, 0.2) is 11.9 Å². The molecule has 15 heavy (non-hydrogen) atoms. The number of thiophene rings is 1. The lowest BCUT2D eigenvalue weighted by Crippen LogP contribution is -2.27. The first-order chi connectivity index (χ1) is 7.27. The molecular formula is C12H10O2S. The highest BCUT2D eigenvalue weighted by molar-refractivity contribution is 7.10. The Morgan fingerprint density at radius 3 is 2.40 bits per heavy atom. The summed E-state index contributed by atoms with van der Waals surface area (Å²) < 4.78 is 0. The second-order valence-corrected chi connectivity index (χ2v) is 4.18. The third kappa shape index (κ3) is 1.71. The predicted molar refractivity (Wildman–Crippen MR) is 59.8 cm³/mol. The number of carbonyl (C=O) groups is 1. The van der Waals surface area contributed by atoms with E-state index in [0.717, 1.165) is 0 Å². The molecule has 0 aliphatic rings. The first-order valence-corrected chi connectivity index (χ1v) is 5.43. The van der Waals surface area contributed by atoms with Crippen molar-refractivity contribution in [1.82, 2.24) is 0 Å². The van der Waals surface area contributed by atoms with Gasteiger partial charge < -0.3 is 5.11 Å². The fourth-order valence-electron chi connectivity index (χ4n) is 1.46. The molecule has 76 valence electrons. The van der Waals surface area contributed by atoms with Crippen LogP contribution < -0.4 is 0 Å². The largest absolute Gasteiger partial charge is 0.373 e. The van der Waals surface area contributed by atoms with Gasteiger partial charge in [-0.3, -0.25) is 4.79 Å². The number of rotatable bonds is 3. The molecule has 2 rings (SSSR count).